The van der Waals surface area contributed by atoms with Crippen molar-refractivity contribution < 1.29 is 9.47 Å². The van der Waals surface area contributed by atoms with Crippen LogP contribution in [0.3, 0.4) is 0 Å². The molecular formula is C13H22N2O2. The molecule has 1 aromatic rings. The lowest BCUT2D eigenvalue weighted by Gasteiger charge is -2.30. The van der Waals surface area contributed by atoms with Gasteiger partial charge in [0.1, 0.15) is 12.0 Å². The van der Waals surface area contributed by atoms with E-state index in [0.717, 1.165) is 12.2 Å². The average molecular weight is 238 g/mol. The minimum Gasteiger partial charge on any atom is -0.495 e. The summed E-state index contributed by atoms with van der Waals surface area (Å²) < 4.78 is 10.8. The quantitative estimate of drug-likeness (QED) is 0.611. The van der Waals surface area contributed by atoms with Gasteiger partial charge >= 0.3 is 0 Å². The summed E-state index contributed by atoms with van der Waals surface area (Å²) in [5.41, 5.74) is 7.51. The molecule has 0 aliphatic heterocycles. The van der Waals surface area contributed by atoms with E-state index in [9.17, 15) is 0 Å². The van der Waals surface area contributed by atoms with Gasteiger partial charge in [-0.3, -0.25) is 0 Å². The Hall–Kier alpha value is -1.42. The number of nitrogen functional groups attached to an aromatic ring is 1. The van der Waals surface area contributed by atoms with Crippen LogP contribution in [0.5, 0.6) is 5.75 Å². The summed E-state index contributed by atoms with van der Waals surface area (Å²) in [4.78, 5) is 2.16. The lowest BCUT2D eigenvalue weighted by molar-refractivity contribution is 0.0742. The number of methoxy groups -OCH3 is 1. The van der Waals surface area contributed by atoms with Gasteiger partial charge in [-0.15, -0.1) is 0 Å². The van der Waals surface area contributed by atoms with Gasteiger partial charge in [-0.2, -0.15) is 0 Å². The topological polar surface area (TPSA) is 47.7 Å². The van der Waals surface area contributed by atoms with Gasteiger partial charge in [-0.25, -0.2) is 0 Å². The number of benzene rings is 1. The summed E-state index contributed by atoms with van der Waals surface area (Å²) in [6.45, 7) is 7.69. The molecule has 4 heteroatoms. The Morgan fingerprint density at radius 2 is 2.06 bits per heavy atom. The van der Waals surface area contributed by atoms with E-state index in [4.69, 9.17) is 15.2 Å². The van der Waals surface area contributed by atoms with Crippen LogP contribution in [-0.2, 0) is 4.74 Å². The summed E-state index contributed by atoms with van der Waals surface area (Å²) in [7, 11) is 1.62. The van der Waals surface area contributed by atoms with Crippen molar-refractivity contribution in [3.63, 3.8) is 0 Å². The van der Waals surface area contributed by atoms with E-state index in [1.165, 1.54) is 0 Å². The number of rotatable bonds is 6. The minimum atomic E-state index is 0.0401. The van der Waals surface area contributed by atoms with E-state index in [0.29, 0.717) is 18.0 Å². The molecule has 0 saturated heterocycles. The number of ether oxygens (including phenoxy) is 2. The van der Waals surface area contributed by atoms with Crippen molar-refractivity contribution in [3.8, 4) is 5.75 Å². The zero-order valence-corrected chi connectivity index (χ0v) is 11.1. The third-order valence-electron chi connectivity index (χ3n) is 2.74. The van der Waals surface area contributed by atoms with Crippen molar-refractivity contribution in [1.82, 2.24) is 0 Å². The summed E-state index contributed by atoms with van der Waals surface area (Å²) in [6.07, 6.45) is 0.0401. The molecule has 2 N–H and O–H groups in total. The summed E-state index contributed by atoms with van der Waals surface area (Å²) in [5.74, 6) is 0.699. The summed E-state index contributed by atoms with van der Waals surface area (Å²) in [5, 5.41) is 0. The normalized spacial score (nSPS) is 12.2. The first-order chi connectivity index (χ1) is 8.13. The van der Waals surface area contributed by atoms with Gasteiger partial charge in [0.2, 0.25) is 0 Å². The molecule has 0 heterocycles. The second-order valence-electron chi connectivity index (χ2n) is 3.77. The first-order valence-electron chi connectivity index (χ1n) is 5.95. The highest BCUT2D eigenvalue weighted by Gasteiger charge is 2.14. The van der Waals surface area contributed by atoms with Crippen LogP contribution in [0.2, 0.25) is 0 Å². The Bertz CT molecular complexity index is 355. The molecule has 0 aliphatic carbocycles. The van der Waals surface area contributed by atoms with Gasteiger partial charge < -0.3 is 20.1 Å². The molecule has 0 amide bonds. The molecule has 0 bridgehead atoms. The molecule has 0 radical (unpaired) electrons. The maximum atomic E-state index is 5.80. The molecular weight excluding hydrogens is 216 g/mol. The lowest BCUT2D eigenvalue weighted by atomic mass is 10.2. The molecule has 17 heavy (non-hydrogen) atoms. The Balaban J connectivity index is 2.95. The zero-order chi connectivity index (χ0) is 12.8. The molecule has 1 atom stereocenters. The van der Waals surface area contributed by atoms with Crippen LogP contribution in [0.4, 0.5) is 11.4 Å². The van der Waals surface area contributed by atoms with Crippen molar-refractivity contribution in [2.24, 2.45) is 0 Å². The van der Waals surface area contributed by atoms with Crippen LogP contribution in [0.15, 0.2) is 18.2 Å². The maximum Gasteiger partial charge on any atom is 0.143 e. The monoisotopic (exact) mass is 238 g/mol. The number of hydrogen-bond acceptors (Lipinski definition) is 4. The second-order valence-corrected chi connectivity index (χ2v) is 3.77. The van der Waals surface area contributed by atoms with Crippen LogP contribution in [0.1, 0.15) is 20.8 Å². The Labute approximate surface area is 103 Å². The lowest BCUT2D eigenvalue weighted by Crippen LogP contribution is -2.35. The predicted molar refractivity (Wildman–Crippen MR) is 71.5 cm³/mol. The van der Waals surface area contributed by atoms with Crippen LogP contribution < -0.4 is 15.4 Å². The molecule has 4 nitrogen and oxygen atoms in total. The number of nitrogens with two attached hydrogens (primary N) is 1. The molecule has 1 unspecified atom stereocenters. The van der Waals surface area contributed by atoms with Gasteiger partial charge in [-0.05, 0) is 32.9 Å². The van der Waals surface area contributed by atoms with Gasteiger partial charge in [0.05, 0.1) is 12.8 Å². The van der Waals surface area contributed by atoms with Crippen molar-refractivity contribution in [2.75, 3.05) is 30.9 Å². The zero-order valence-electron chi connectivity index (χ0n) is 11.1. The van der Waals surface area contributed by atoms with E-state index in [-0.39, 0.29) is 6.23 Å². The first-order valence-corrected chi connectivity index (χ1v) is 5.95. The molecule has 0 fully saturated rings. The average Bonchev–Trinajstić information content (AvgIpc) is 2.32. The van der Waals surface area contributed by atoms with E-state index in [2.05, 4.69) is 11.8 Å². The van der Waals surface area contributed by atoms with Crippen LogP contribution in [0.25, 0.3) is 0 Å². The highest BCUT2D eigenvalue weighted by molar-refractivity contribution is 5.62. The van der Waals surface area contributed by atoms with E-state index >= 15 is 0 Å². The summed E-state index contributed by atoms with van der Waals surface area (Å²) in [6, 6.07) is 5.78. The number of anilines is 2. The first kappa shape index (κ1) is 13.6. The largest absolute Gasteiger partial charge is 0.495 e. The van der Waals surface area contributed by atoms with Crippen LogP contribution >= 0.6 is 0 Å². The molecule has 96 valence electrons. The fourth-order valence-corrected chi connectivity index (χ4v) is 1.86. The number of hydrogen-bond donors (Lipinski definition) is 1. The molecule has 0 aromatic heterocycles. The second kappa shape index (κ2) is 6.35. The molecule has 1 aromatic carbocycles. The third-order valence-corrected chi connectivity index (χ3v) is 2.74. The van der Waals surface area contributed by atoms with Gasteiger partial charge in [0.25, 0.3) is 0 Å². The van der Waals surface area contributed by atoms with Crippen molar-refractivity contribution in [2.45, 2.75) is 27.0 Å². The van der Waals surface area contributed by atoms with Gasteiger partial charge in [-0.1, -0.05) is 0 Å². The van der Waals surface area contributed by atoms with E-state index in [1.807, 2.05) is 32.0 Å². The highest BCUT2D eigenvalue weighted by atomic mass is 16.5. The molecule has 0 saturated carbocycles. The van der Waals surface area contributed by atoms with E-state index in [1.54, 1.807) is 7.11 Å². The van der Waals surface area contributed by atoms with Crippen LogP contribution in [-0.4, -0.2) is 26.5 Å². The maximum absolute atomic E-state index is 5.80. The number of nitrogens with zero attached hydrogens (tertiary/aromatic N) is 1. The van der Waals surface area contributed by atoms with Gasteiger partial charge in [0.15, 0.2) is 0 Å². The smallest absolute Gasteiger partial charge is 0.143 e. The highest BCUT2D eigenvalue weighted by Crippen LogP contribution is 2.28. The third kappa shape index (κ3) is 3.27. The fourth-order valence-electron chi connectivity index (χ4n) is 1.86. The van der Waals surface area contributed by atoms with Gasteiger partial charge in [0, 0.05) is 24.9 Å². The van der Waals surface area contributed by atoms with Crippen molar-refractivity contribution >= 4 is 11.4 Å². The Kier molecular flexibility index (Phi) is 5.10. The fraction of sp³-hybridized carbons (Fsp3) is 0.538. The molecule has 0 spiro atoms. The van der Waals surface area contributed by atoms with Crippen molar-refractivity contribution in [1.29, 1.82) is 0 Å². The minimum absolute atomic E-state index is 0.0401. The van der Waals surface area contributed by atoms with E-state index < -0.39 is 0 Å². The van der Waals surface area contributed by atoms with Crippen molar-refractivity contribution in [3.05, 3.63) is 18.2 Å². The molecule has 1 rings (SSSR count). The SMILES string of the molecule is CCOC(C)N(CC)c1ccc(N)c(OC)c1. The Morgan fingerprint density at radius 1 is 1.35 bits per heavy atom. The summed E-state index contributed by atoms with van der Waals surface area (Å²) >= 11 is 0. The molecule has 0 aliphatic rings. The Morgan fingerprint density at radius 3 is 2.59 bits per heavy atom. The predicted octanol–water partition coefficient (Wildman–Crippen LogP) is 2.49. The standard InChI is InChI=1S/C13H22N2O2/c1-5-15(10(3)17-6-2)11-7-8-12(14)13(9-11)16-4/h7-10H,5-6,14H2,1-4H3. The van der Waals surface area contributed by atoms with Crippen LogP contribution in [0, 0.1) is 0 Å².